The Balaban J connectivity index is 1.79. The van der Waals surface area contributed by atoms with Gasteiger partial charge in [-0.05, 0) is 43.5 Å². The van der Waals surface area contributed by atoms with E-state index in [0.717, 1.165) is 12.8 Å². The minimum atomic E-state index is -0.559. The second kappa shape index (κ2) is 8.96. The predicted octanol–water partition coefficient (Wildman–Crippen LogP) is 2.81. The van der Waals surface area contributed by atoms with Crippen molar-refractivity contribution in [3.8, 4) is 5.75 Å². The molecule has 0 heterocycles. The summed E-state index contributed by atoms with van der Waals surface area (Å²) in [6.07, 6.45) is 1.33. The molecule has 0 saturated heterocycles. The Morgan fingerprint density at radius 3 is 2.70 bits per heavy atom. The van der Waals surface area contributed by atoms with Gasteiger partial charge in [0, 0.05) is 12.1 Å². The van der Waals surface area contributed by atoms with Gasteiger partial charge in [-0.25, -0.2) is 0 Å². The number of hydrogen-bond acceptors (Lipinski definition) is 3. The van der Waals surface area contributed by atoms with E-state index in [1.54, 1.807) is 25.1 Å². The van der Waals surface area contributed by atoms with E-state index >= 15 is 0 Å². The minimum absolute atomic E-state index is 0.208. The summed E-state index contributed by atoms with van der Waals surface area (Å²) in [4.78, 5) is 11.9. The highest BCUT2D eigenvalue weighted by Gasteiger charge is 2.07. The van der Waals surface area contributed by atoms with Crippen molar-refractivity contribution in [1.29, 1.82) is 0 Å². The highest BCUT2D eigenvalue weighted by atomic mass is 16.5. The molecule has 0 unspecified atom stereocenters. The van der Waals surface area contributed by atoms with Crippen LogP contribution in [-0.2, 0) is 6.42 Å². The molecular formula is C19H23NO3. The number of aliphatic hydroxyl groups is 1. The molecule has 0 fully saturated rings. The molecule has 0 bridgehead atoms. The third-order valence-electron chi connectivity index (χ3n) is 3.38. The van der Waals surface area contributed by atoms with Gasteiger partial charge >= 0.3 is 0 Å². The number of carbonyl (C=O) groups is 1. The maximum Gasteiger partial charge on any atom is 0.251 e. The average Bonchev–Trinajstić information content (AvgIpc) is 2.58. The molecule has 0 aliphatic rings. The van der Waals surface area contributed by atoms with Gasteiger partial charge in [0.05, 0.1) is 12.7 Å². The molecule has 0 spiro atoms. The number of rotatable bonds is 8. The Kier molecular flexibility index (Phi) is 6.63. The van der Waals surface area contributed by atoms with E-state index in [1.165, 1.54) is 5.56 Å². The van der Waals surface area contributed by atoms with Crippen molar-refractivity contribution in [2.45, 2.75) is 25.9 Å². The molecule has 2 rings (SSSR count). The maximum atomic E-state index is 11.9. The number of benzene rings is 2. The Bertz CT molecular complexity index is 611. The molecule has 1 atom stereocenters. The summed E-state index contributed by atoms with van der Waals surface area (Å²) in [6, 6.07) is 17.4. The normalized spacial score (nSPS) is 11.7. The second-order valence-electron chi connectivity index (χ2n) is 5.52. The van der Waals surface area contributed by atoms with Gasteiger partial charge in [0.25, 0.3) is 5.91 Å². The molecule has 0 saturated carbocycles. The molecule has 4 heteroatoms. The standard InChI is InChI=1S/C19H23NO3/c1-15(21)14-20-19(22)17-10-5-11-18(13-17)23-12-6-9-16-7-3-2-4-8-16/h2-5,7-8,10-11,13,15,21H,6,9,12,14H2,1H3,(H,20,22)/t15-/m0/s1. The van der Waals surface area contributed by atoms with E-state index in [2.05, 4.69) is 17.4 Å². The first kappa shape index (κ1) is 17.0. The van der Waals surface area contributed by atoms with Crippen LogP contribution in [0.3, 0.4) is 0 Å². The number of carbonyl (C=O) groups excluding carboxylic acids is 1. The van der Waals surface area contributed by atoms with Gasteiger partial charge in [0.15, 0.2) is 0 Å². The van der Waals surface area contributed by atoms with Gasteiger partial charge in [0.1, 0.15) is 5.75 Å². The van der Waals surface area contributed by atoms with Crippen LogP contribution in [0.2, 0.25) is 0 Å². The molecule has 122 valence electrons. The van der Waals surface area contributed by atoms with Gasteiger partial charge in [0.2, 0.25) is 0 Å². The monoisotopic (exact) mass is 313 g/mol. The van der Waals surface area contributed by atoms with Crippen molar-refractivity contribution >= 4 is 5.91 Å². The van der Waals surface area contributed by atoms with Crippen LogP contribution < -0.4 is 10.1 Å². The third kappa shape index (κ3) is 6.12. The van der Waals surface area contributed by atoms with E-state index in [4.69, 9.17) is 4.74 Å². The first-order valence-electron chi connectivity index (χ1n) is 7.88. The lowest BCUT2D eigenvalue weighted by Crippen LogP contribution is -2.30. The maximum absolute atomic E-state index is 11.9. The first-order chi connectivity index (χ1) is 11.1. The molecule has 2 aromatic carbocycles. The fraction of sp³-hybridized carbons (Fsp3) is 0.316. The summed E-state index contributed by atoms with van der Waals surface area (Å²) in [5.41, 5.74) is 1.83. The van der Waals surface area contributed by atoms with Crippen LogP contribution in [-0.4, -0.2) is 30.3 Å². The van der Waals surface area contributed by atoms with Gasteiger partial charge in [-0.2, -0.15) is 0 Å². The zero-order chi connectivity index (χ0) is 16.5. The van der Waals surface area contributed by atoms with Crippen molar-refractivity contribution in [1.82, 2.24) is 5.32 Å². The summed E-state index contributed by atoms with van der Waals surface area (Å²) in [7, 11) is 0. The quantitative estimate of drug-likeness (QED) is 0.737. The smallest absolute Gasteiger partial charge is 0.251 e. The Morgan fingerprint density at radius 2 is 1.96 bits per heavy atom. The lowest BCUT2D eigenvalue weighted by molar-refractivity contribution is 0.0923. The zero-order valence-electron chi connectivity index (χ0n) is 13.4. The van der Waals surface area contributed by atoms with Gasteiger partial charge in [-0.1, -0.05) is 36.4 Å². The first-order valence-corrected chi connectivity index (χ1v) is 7.88. The van der Waals surface area contributed by atoms with Gasteiger partial charge in [-0.3, -0.25) is 4.79 Å². The van der Waals surface area contributed by atoms with Crippen LogP contribution in [0, 0.1) is 0 Å². The van der Waals surface area contributed by atoms with Crippen LogP contribution in [0.15, 0.2) is 54.6 Å². The molecule has 1 amide bonds. The van der Waals surface area contributed by atoms with E-state index in [1.807, 2.05) is 24.3 Å². The Hall–Kier alpha value is -2.33. The molecular weight excluding hydrogens is 290 g/mol. The molecule has 23 heavy (non-hydrogen) atoms. The summed E-state index contributed by atoms with van der Waals surface area (Å²) < 4.78 is 5.71. The number of aryl methyl sites for hydroxylation is 1. The minimum Gasteiger partial charge on any atom is -0.494 e. The van der Waals surface area contributed by atoms with Crippen molar-refractivity contribution in [3.05, 3.63) is 65.7 Å². The van der Waals surface area contributed by atoms with Crippen LogP contribution in [0.5, 0.6) is 5.75 Å². The third-order valence-corrected chi connectivity index (χ3v) is 3.38. The number of amides is 1. The molecule has 0 aliphatic carbocycles. The summed E-state index contributed by atoms with van der Waals surface area (Å²) >= 11 is 0. The van der Waals surface area contributed by atoms with Crippen LogP contribution in [0.4, 0.5) is 0 Å². The Labute approximate surface area is 137 Å². The molecule has 2 N–H and O–H groups in total. The predicted molar refractivity (Wildman–Crippen MR) is 90.7 cm³/mol. The van der Waals surface area contributed by atoms with Crippen LogP contribution in [0.1, 0.15) is 29.3 Å². The topological polar surface area (TPSA) is 58.6 Å². The van der Waals surface area contributed by atoms with Crippen molar-refractivity contribution in [2.24, 2.45) is 0 Å². The van der Waals surface area contributed by atoms with Crippen molar-refractivity contribution in [2.75, 3.05) is 13.2 Å². The van der Waals surface area contributed by atoms with Crippen LogP contribution in [0.25, 0.3) is 0 Å². The second-order valence-corrected chi connectivity index (χ2v) is 5.52. The fourth-order valence-electron chi connectivity index (χ4n) is 2.18. The number of aliphatic hydroxyl groups excluding tert-OH is 1. The SMILES string of the molecule is C[C@H](O)CNC(=O)c1cccc(OCCCc2ccccc2)c1. The largest absolute Gasteiger partial charge is 0.494 e. The fourth-order valence-corrected chi connectivity index (χ4v) is 2.18. The lowest BCUT2D eigenvalue weighted by Gasteiger charge is -2.09. The lowest BCUT2D eigenvalue weighted by atomic mass is 10.1. The molecule has 2 aromatic rings. The summed E-state index contributed by atoms with van der Waals surface area (Å²) in [5.74, 6) is 0.475. The Morgan fingerprint density at radius 1 is 1.17 bits per heavy atom. The summed E-state index contributed by atoms with van der Waals surface area (Å²) in [5, 5.41) is 11.9. The highest BCUT2D eigenvalue weighted by Crippen LogP contribution is 2.14. The molecule has 4 nitrogen and oxygen atoms in total. The molecule has 0 radical (unpaired) electrons. The summed E-state index contributed by atoms with van der Waals surface area (Å²) in [6.45, 7) is 2.47. The molecule has 0 aliphatic heterocycles. The van der Waals surface area contributed by atoms with Gasteiger partial charge < -0.3 is 15.2 Å². The average molecular weight is 313 g/mol. The molecule has 0 aromatic heterocycles. The number of ether oxygens (including phenoxy) is 1. The number of hydrogen-bond donors (Lipinski definition) is 2. The van der Waals surface area contributed by atoms with Crippen molar-refractivity contribution in [3.63, 3.8) is 0 Å². The number of nitrogens with one attached hydrogen (secondary N) is 1. The van der Waals surface area contributed by atoms with E-state index in [-0.39, 0.29) is 12.5 Å². The van der Waals surface area contributed by atoms with E-state index in [9.17, 15) is 9.90 Å². The van der Waals surface area contributed by atoms with Crippen molar-refractivity contribution < 1.29 is 14.6 Å². The van der Waals surface area contributed by atoms with Crippen LogP contribution >= 0.6 is 0 Å². The highest BCUT2D eigenvalue weighted by molar-refractivity contribution is 5.94. The van der Waals surface area contributed by atoms with E-state index in [0.29, 0.717) is 17.9 Å². The van der Waals surface area contributed by atoms with E-state index < -0.39 is 6.10 Å². The zero-order valence-corrected chi connectivity index (χ0v) is 13.4. The van der Waals surface area contributed by atoms with Gasteiger partial charge in [-0.15, -0.1) is 0 Å².